The van der Waals surface area contributed by atoms with Crippen molar-refractivity contribution in [1.82, 2.24) is 10.2 Å². The third-order valence-electron chi connectivity index (χ3n) is 6.21. The summed E-state index contributed by atoms with van der Waals surface area (Å²) < 4.78 is 0. The molecule has 1 aromatic carbocycles. The molecule has 3 aliphatic rings. The Balaban J connectivity index is 1.90. The van der Waals surface area contributed by atoms with Crippen LogP contribution in [0.25, 0.3) is 0 Å². The van der Waals surface area contributed by atoms with E-state index in [1.165, 1.54) is 12.1 Å². The van der Waals surface area contributed by atoms with Crippen LogP contribution < -0.4 is 10.2 Å². The van der Waals surface area contributed by atoms with Gasteiger partial charge in [0.15, 0.2) is 5.41 Å². The SMILES string of the molecule is CC(C)(C)N1C(=O)NC(=O)[C@]2(Cc3cc([N+](=O)[O-])ccc3N3CCCC[C@H]32)C1=O. The Morgan fingerprint density at radius 3 is 2.59 bits per heavy atom. The normalized spacial score (nSPS) is 26.9. The van der Waals surface area contributed by atoms with Gasteiger partial charge < -0.3 is 4.90 Å². The number of anilines is 1. The molecule has 1 spiro atoms. The lowest BCUT2D eigenvalue weighted by Crippen LogP contribution is -2.74. The maximum absolute atomic E-state index is 13.7. The van der Waals surface area contributed by atoms with E-state index in [1.54, 1.807) is 26.8 Å². The number of nitrogens with one attached hydrogen (secondary N) is 1. The van der Waals surface area contributed by atoms with Crippen molar-refractivity contribution < 1.29 is 19.3 Å². The lowest BCUT2D eigenvalue weighted by atomic mass is 9.65. The van der Waals surface area contributed by atoms with Crippen LogP contribution in [-0.2, 0) is 16.0 Å². The van der Waals surface area contributed by atoms with Crippen LogP contribution in [0, 0.1) is 15.5 Å². The molecule has 0 radical (unpaired) electrons. The maximum atomic E-state index is 13.7. The van der Waals surface area contributed by atoms with E-state index in [4.69, 9.17) is 0 Å². The zero-order chi connectivity index (χ0) is 21.1. The van der Waals surface area contributed by atoms with E-state index in [0.29, 0.717) is 18.5 Å². The molecule has 0 saturated carbocycles. The Hall–Kier alpha value is -2.97. The van der Waals surface area contributed by atoms with E-state index in [1.807, 2.05) is 4.90 Å². The first-order chi connectivity index (χ1) is 13.6. The van der Waals surface area contributed by atoms with Crippen LogP contribution in [0.5, 0.6) is 0 Å². The molecule has 1 N–H and O–H groups in total. The van der Waals surface area contributed by atoms with E-state index in [2.05, 4.69) is 5.32 Å². The van der Waals surface area contributed by atoms with Crippen molar-refractivity contribution in [2.45, 2.75) is 58.0 Å². The predicted octanol–water partition coefficient (Wildman–Crippen LogP) is 2.37. The van der Waals surface area contributed by atoms with E-state index >= 15 is 0 Å². The van der Waals surface area contributed by atoms with E-state index in [9.17, 15) is 24.5 Å². The smallest absolute Gasteiger partial charge is 0.331 e. The van der Waals surface area contributed by atoms with Gasteiger partial charge in [-0.3, -0.25) is 29.9 Å². The molecule has 2 fully saturated rings. The highest BCUT2D eigenvalue weighted by molar-refractivity contribution is 6.20. The van der Waals surface area contributed by atoms with Crippen molar-refractivity contribution in [3.05, 3.63) is 33.9 Å². The van der Waals surface area contributed by atoms with Crippen molar-refractivity contribution >= 4 is 29.2 Å². The summed E-state index contributed by atoms with van der Waals surface area (Å²) in [6.45, 7) is 5.89. The van der Waals surface area contributed by atoms with Gasteiger partial charge in [-0.15, -0.1) is 0 Å². The third-order valence-corrected chi connectivity index (χ3v) is 6.21. The number of hydrogen-bond acceptors (Lipinski definition) is 6. The van der Waals surface area contributed by atoms with Crippen LogP contribution in [0.4, 0.5) is 16.2 Å². The number of urea groups is 1. The summed E-state index contributed by atoms with van der Waals surface area (Å²) in [4.78, 5) is 53.4. The van der Waals surface area contributed by atoms with E-state index in [0.717, 1.165) is 23.4 Å². The van der Waals surface area contributed by atoms with Crippen LogP contribution in [0.15, 0.2) is 18.2 Å². The van der Waals surface area contributed by atoms with Gasteiger partial charge in [0.2, 0.25) is 11.8 Å². The molecule has 2 atom stereocenters. The van der Waals surface area contributed by atoms with Crippen molar-refractivity contribution in [3.8, 4) is 0 Å². The Labute approximate surface area is 168 Å². The fourth-order valence-corrected chi connectivity index (χ4v) is 4.97. The van der Waals surface area contributed by atoms with Gasteiger partial charge in [-0.2, -0.15) is 0 Å². The zero-order valence-electron chi connectivity index (χ0n) is 16.7. The van der Waals surface area contributed by atoms with Crippen LogP contribution in [0.2, 0.25) is 0 Å². The molecule has 4 amide bonds. The lowest BCUT2D eigenvalue weighted by molar-refractivity contribution is -0.384. The third kappa shape index (κ3) is 2.71. The Bertz CT molecular complexity index is 937. The summed E-state index contributed by atoms with van der Waals surface area (Å²) in [7, 11) is 0. The minimum absolute atomic E-state index is 0.0374. The number of non-ortho nitro benzene ring substituents is 1. The summed E-state index contributed by atoms with van der Waals surface area (Å²) in [5.74, 6) is -1.13. The summed E-state index contributed by atoms with van der Waals surface area (Å²) in [5.41, 5.74) is -0.960. The average molecular weight is 400 g/mol. The van der Waals surface area contributed by atoms with Gasteiger partial charge in [-0.1, -0.05) is 0 Å². The van der Waals surface area contributed by atoms with E-state index in [-0.39, 0.29) is 12.1 Å². The summed E-state index contributed by atoms with van der Waals surface area (Å²) in [6.07, 6.45) is 2.45. The van der Waals surface area contributed by atoms with Gasteiger partial charge in [-0.25, -0.2) is 4.79 Å². The summed E-state index contributed by atoms with van der Waals surface area (Å²) in [5, 5.41) is 13.7. The zero-order valence-corrected chi connectivity index (χ0v) is 16.7. The maximum Gasteiger partial charge on any atom is 0.331 e. The number of nitrogens with zero attached hydrogens (tertiary/aromatic N) is 3. The number of benzene rings is 1. The number of nitro groups is 1. The molecular weight excluding hydrogens is 376 g/mol. The van der Waals surface area contributed by atoms with Gasteiger partial charge in [0.25, 0.3) is 5.69 Å². The number of carbonyl (C=O) groups is 3. The first-order valence-corrected chi connectivity index (χ1v) is 9.81. The molecule has 4 rings (SSSR count). The van der Waals surface area contributed by atoms with Crippen LogP contribution >= 0.6 is 0 Å². The first-order valence-electron chi connectivity index (χ1n) is 9.81. The summed E-state index contributed by atoms with van der Waals surface area (Å²) in [6, 6.07) is 3.49. The second-order valence-corrected chi connectivity index (χ2v) is 8.99. The van der Waals surface area contributed by atoms with Crippen molar-refractivity contribution in [3.63, 3.8) is 0 Å². The van der Waals surface area contributed by atoms with Crippen LogP contribution in [0.3, 0.4) is 0 Å². The number of imide groups is 2. The fourth-order valence-electron chi connectivity index (χ4n) is 4.97. The molecule has 1 aromatic rings. The van der Waals surface area contributed by atoms with Crippen molar-refractivity contribution in [1.29, 1.82) is 0 Å². The fraction of sp³-hybridized carbons (Fsp3) is 0.550. The Morgan fingerprint density at radius 1 is 1.21 bits per heavy atom. The molecule has 3 heterocycles. The largest absolute Gasteiger partial charge is 0.367 e. The number of amides is 4. The van der Waals surface area contributed by atoms with Gasteiger partial charge in [0.05, 0.1) is 11.0 Å². The molecule has 0 aliphatic carbocycles. The number of nitro benzene ring substituents is 1. The Morgan fingerprint density at radius 2 is 1.93 bits per heavy atom. The van der Waals surface area contributed by atoms with Crippen molar-refractivity contribution in [2.24, 2.45) is 5.41 Å². The quantitative estimate of drug-likeness (QED) is 0.440. The highest BCUT2D eigenvalue weighted by Gasteiger charge is 2.63. The van der Waals surface area contributed by atoms with Gasteiger partial charge >= 0.3 is 6.03 Å². The number of fused-ring (bicyclic) bond motifs is 4. The number of barbiturate groups is 1. The van der Waals surface area contributed by atoms with E-state index < -0.39 is 39.8 Å². The van der Waals surface area contributed by atoms with Gasteiger partial charge in [-0.05, 0) is 51.7 Å². The number of carbonyl (C=O) groups excluding carboxylic acids is 3. The van der Waals surface area contributed by atoms with Gasteiger partial charge in [0.1, 0.15) is 0 Å². The van der Waals surface area contributed by atoms with Gasteiger partial charge in [0, 0.05) is 36.3 Å². The molecule has 3 aliphatic heterocycles. The summed E-state index contributed by atoms with van der Waals surface area (Å²) >= 11 is 0. The standard InChI is InChI=1S/C20H24N4O5/c1-19(2,3)23-17(26)20(16(25)21-18(23)27)11-12-10-13(24(28)29)7-8-14(12)22-9-5-4-6-15(20)22/h7-8,10,15H,4-6,9,11H2,1-3H3,(H,21,25,27)/t15-,20+/m0/s1. The highest BCUT2D eigenvalue weighted by atomic mass is 16.6. The van der Waals surface area contributed by atoms with Crippen LogP contribution in [0.1, 0.15) is 45.6 Å². The predicted molar refractivity (Wildman–Crippen MR) is 104 cm³/mol. The molecule has 29 heavy (non-hydrogen) atoms. The minimum Gasteiger partial charge on any atom is -0.367 e. The van der Waals surface area contributed by atoms with Crippen molar-refractivity contribution in [2.75, 3.05) is 11.4 Å². The number of rotatable bonds is 1. The molecule has 0 bridgehead atoms. The first kappa shape index (κ1) is 19.4. The average Bonchev–Trinajstić information content (AvgIpc) is 2.64. The Kier molecular flexibility index (Phi) is 4.18. The second-order valence-electron chi connectivity index (χ2n) is 8.99. The number of hydrogen-bond donors (Lipinski definition) is 1. The molecule has 9 heteroatoms. The number of piperidine rings is 1. The van der Waals surface area contributed by atoms with Crippen LogP contribution in [-0.4, -0.2) is 45.8 Å². The monoisotopic (exact) mass is 400 g/mol. The minimum atomic E-state index is -1.48. The molecule has 9 nitrogen and oxygen atoms in total. The topological polar surface area (TPSA) is 113 Å². The molecule has 0 unspecified atom stereocenters. The molecule has 154 valence electrons. The highest BCUT2D eigenvalue weighted by Crippen LogP contribution is 2.48. The molecular formula is C20H24N4O5. The second kappa shape index (κ2) is 6.27. The lowest BCUT2D eigenvalue weighted by Gasteiger charge is -2.55. The molecule has 0 aromatic heterocycles. The molecule has 2 saturated heterocycles.